The summed E-state index contributed by atoms with van der Waals surface area (Å²) in [6, 6.07) is 0. The van der Waals surface area contributed by atoms with Crippen LogP contribution in [0.2, 0.25) is 0 Å². The fourth-order valence-electron chi connectivity index (χ4n) is 0. The van der Waals surface area contributed by atoms with Crippen LogP contribution in [0, 0.1) is 0 Å². The molecule has 28 valence electrons. The van der Waals surface area contributed by atoms with Crippen LogP contribution in [0.1, 0.15) is 0 Å². The van der Waals surface area contributed by atoms with Crippen LogP contribution in [0.4, 0.5) is 0 Å². The average Bonchev–Trinajstić information content (AvgIpc) is 1.72. The molecular weight excluding hydrogens is 152 g/mol. The number of hydrogen-bond donors (Lipinski definition) is 0. The Balaban J connectivity index is 0. The molecule has 6 heteroatoms. The minimum absolute atomic E-state index is 0.125. The maximum atomic E-state index is 9.01. The molecule has 0 aliphatic carbocycles. The standard InChI is InChI=1S/BHO2Si.O.Zn/c2-1-4-3;;/h4H;;. The van der Waals surface area contributed by atoms with Crippen molar-refractivity contribution in [3.8, 4) is 0 Å². The summed E-state index contributed by atoms with van der Waals surface area (Å²) in [5, 5.41) is 0. The van der Waals surface area contributed by atoms with Crippen LogP contribution in [0.3, 0.4) is 0 Å². The van der Waals surface area contributed by atoms with Crippen LogP contribution in [0.15, 0.2) is 0 Å². The molecule has 0 saturated heterocycles. The van der Waals surface area contributed by atoms with E-state index in [1.807, 2.05) is 0 Å². The Morgan fingerprint density at radius 1 is 1.50 bits per heavy atom. The van der Waals surface area contributed by atoms with Crippen molar-refractivity contribution in [2.45, 2.75) is 0 Å². The molecule has 0 aliphatic heterocycles. The van der Waals surface area contributed by atoms with Crippen molar-refractivity contribution in [3.63, 3.8) is 0 Å². The van der Waals surface area contributed by atoms with Gasteiger partial charge in [-0.25, -0.2) is 0 Å². The quantitative estimate of drug-likeness (QED) is 0.436. The zero-order valence-corrected chi connectivity index (χ0v) is 7.21. The van der Waals surface area contributed by atoms with Crippen molar-refractivity contribution in [1.82, 2.24) is 0 Å². The third kappa shape index (κ3) is 27.6. The second kappa shape index (κ2) is 18.5. The Hall–Kier alpha value is 0.305. The van der Waals surface area contributed by atoms with Crippen molar-refractivity contribution in [2.24, 2.45) is 0 Å². The van der Waals surface area contributed by atoms with Crippen molar-refractivity contribution in [1.29, 1.82) is 0 Å². The van der Waals surface area contributed by atoms with E-state index >= 15 is 0 Å². The molecule has 0 unspecified atom stereocenters. The average molecular weight is 153 g/mol. The van der Waals surface area contributed by atoms with Gasteiger partial charge in [0.25, 0.3) is 0 Å². The van der Waals surface area contributed by atoms with Gasteiger partial charge in [0.05, 0.1) is 0 Å². The van der Waals surface area contributed by atoms with Crippen LogP contribution >= 0.6 is 0 Å². The summed E-state index contributed by atoms with van der Waals surface area (Å²) < 4.78 is 26.3. The van der Waals surface area contributed by atoms with E-state index in [2.05, 4.69) is 0 Å². The fraction of sp³-hybridized carbons (Fsp3) is 0. The van der Waals surface area contributed by atoms with Gasteiger partial charge < -0.3 is 0 Å². The van der Waals surface area contributed by atoms with Gasteiger partial charge in [0.15, 0.2) is 0 Å². The molecule has 0 aromatic rings. The topological polar surface area (TPSA) is 51.2 Å². The Kier molecular flexibility index (Phi) is 29.5. The van der Waals surface area contributed by atoms with Gasteiger partial charge in [-0.15, -0.1) is 0 Å². The van der Waals surface area contributed by atoms with Crippen LogP contribution < -0.4 is 0 Å². The monoisotopic (exact) mass is 152 g/mol. The summed E-state index contributed by atoms with van der Waals surface area (Å²) in [5.74, 6) is 0. The molecule has 0 aliphatic rings. The van der Waals surface area contributed by atoms with E-state index in [4.69, 9.17) is 12.7 Å². The summed E-state index contributed by atoms with van der Waals surface area (Å²) in [5.41, 5.74) is 0. The van der Waals surface area contributed by atoms with E-state index in [0.29, 0.717) is 6.74 Å². The van der Waals surface area contributed by atoms with Gasteiger partial charge in [-0.1, -0.05) is 0 Å². The second-order valence-corrected chi connectivity index (χ2v) is 0.816. The van der Waals surface area contributed by atoms with E-state index in [0.717, 1.165) is 0 Å². The molecule has 3 nitrogen and oxygen atoms in total. The Morgan fingerprint density at radius 2 is 1.67 bits per heavy atom. The molecule has 0 bridgehead atoms. The van der Waals surface area contributed by atoms with Crippen LogP contribution in [0.25, 0.3) is 0 Å². The molecule has 0 radical (unpaired) electrons. The molecule has 0 amide bonds. The summed E-state index contributed by atoms with van der Waals surface area (Å²) in [4.78, 5) is 0. The first kappa shape index (κ1) is 9.57. The summed E-state index contributed by atoms with van der Waals surface area (Å²) in [6.07, 6.45) is 0. The Bertz CT molecular complexity index is 40.1. The van der Waals surface area contributed by atoms with Crippen molar-refractivity contribution >= 4 is 16.0 Å². The first-order valence-electron chi connectivity index (χ1n) is 1.09. The minimum atomic E-state index is -1.15. The van der Waals surface area contributed by atoms with Gasteiger partial charge in [-0.3, -0.25) is 0 Å². The van der Waals surface area contributed by atoms with Gasteiger partial charge in [0.1, 0.15) is 0 Å². The van der Waals surface area contributed by atoms with E-state index in [1.165, 1.54) is 0 Å². The van der Waals surface area contributed by atoms with Gasteiger partial charge in [-0.2, -0.15) is 0 Å². The first-order valence-corrected chi connectivity index (χ1v) is 3.44. The zero-order valence-electron chi connectivity index (χ0n) is 3.09. The van der Waals surface area contributed by atoms with E-state index < -0.39 is 9.28 Å². The van der Waals surface area contributed by atoms with Gasteiger partial charge >= 0.3 is 47.0 Å². The van der Waals surface area contributed by atoms with Crippen LogP contribution in [-0.2, 0) is 31.0 Å². The van der Waals surface area contributed by atoms with Crippen molar-refractivity contribution in [3.05, 3.63) is 0 Å². The first-order chi connectivity index (χ1) is 2.91. The molecule has 0 rings (SSSR count). The molecule has 0 spiro atoms. The second-order valence-electron chi connectivity index (χ2n) is 0.272. The SMILES string of the molecule is O=B[SiH]=O.[O]=[Zn]. The summed E-state index contributed by atoms with van der Waals surface area (Å²) in [7, 11) is -1.15. The van der Waals surface area contributed by atoms with E-state index in [1.54, 1.807) is 0 Å². The van der Waals surface area contributed by atoms with E-state index in [9.17, 15) is 0 Å². The van der Waals surface area contributed by atoms with E-state index in [-0.39, 0.29) is 18.3 Å². The third-order valence-corrected chi connectivity index (χ3v) is 0.167. The summed E-state index contributed by atoms with van der Waals surface area (Å²) >= 11 is 0.125. The molecule has 6 heavy (non-hydrogen) atoms. The Labute approximate surface area is 47.5 Å². The molecule has 0 N–H and O–H groups in total. The molecule has 0 aromatic carbocycles. The Morgan fingerprint density at radius 3 is 1.67 bits per heavy atom. The molecule has 0 saturated carbocycles. The normalized spacial score (nSPS) is 3.67. The summed E-state index contributed by atoms with van der Waals surface area (Å²) in [6.45, 7) is 0.403. The molecular formula is HBO3SiZn. The van der Waals surface area contributed by atoms with Crippen molar-refractivity contribution < 1.29 is 31.0 Å². The van der Waals surface area contributed by atoms with Crippen LogP contribution in [0.5, 0.6) is 0 Å². The van der Waals surface area contributed by atoms with Crippen molar-refractivity contribution in [2.75, 3.05) is 0 Å². The molecule has 0 fully saturated rings. The van der Waals surface area contributed by atoms with Gasteiger partial charge in [0, 0.05) is 0 Å². The van der Waals surface area contributed by atoms with Gasteiger partial charge in [-0.05, 0) is 0 Å². The number of rotatable bonds is 1. The predicted molar refractivity (Wildman–Crippen MR) is 15.0 cm³/mol. The fourth-order valence-corrected chi connectivity index (χ4v) is 0. The van der Waals surface area contributed by atoms with Gasteiger partial charge in [0.2, 0.25) is 0 Å². The molecule has 0 atom stereocenters. The number of hydrogen-bond acceptors (Lipinski definition) is 3. The molecule has 0 heterocycles. The zero-order chi connectivity index (χ0) is 5.41. The third-order valence-electron chi connectivity index (χ3n) is 0.0556. The maximum absolute atomic E-state index is 9.01. The molecule has 0 aromatic heterocycles. The van der Waals surface area contributed by atoms with Crippen LogP contribution in [-0.4, -0.2) is 16.0 Å². The predicted octanol–water partition coefficient (Wildman–Crippen LogP) is -1.39.